The van der Waals surface area contributed by atoms with Crippen LogP contribution in [0.3, 0.4) is 0 Å². The van der Waals surface area contributed by atoms with Crippen molar-refractivity contribution in [3.8, 4) is 16.8 Å². The van der Waals surface area contributed by atoms with E-state index in [1.54, 1.807) is 27.1 Å². The Hall–Kier alpha value is -3.94. The molecule has 0 amide bonds. The van der Waals surface area contributed by atoms with Gasteiger partial charge in [-0.05, 0) is 37.6 Å². The molecule has 4 aromatic heterocycles. The molecule has 31 heavy (non-hydrogen) atoms. The maximum atomic E-state index is 13.2. The van der Waals surface area contributed by atoms with Gasteiger partial charge in [-0.1, -0.05) is 6.07 Å². The molecule has 1 aromatic carbocycles. The van der Waals surface area contributed by atoms with Crippen LogP contribution in [0.2, 0.25) is 0 Å². The number of rotatable bonds is 4. The van der Waals surface area contributed by atoms with E-state index < -0.39 is 0 Å². The van der Waals surface area contributed by atoms with E-state index in [9.17, 15) is 4.79 Å². The van der Waals surface area contributed by atoms with Gasteiger partial charge in [0.1, 0.15) is 0 Å². The molecule has 5 aromatic rings. The average Bonchev–Trinajstić information content (AvgIpc) is 3.23. The third-order valence-electron chi connectivity index (χ3n) is 5.56. The second-order valence-corrected chi connectivity index (χ2v) is 7.67. The molecule has 0 aliphatic carbocycles. The van der Waals surface area contributed by atoms with Gasteiger partial charge in [-0.3, -0.25) is 23.8 Å². The molecule has 0 aliphatic rings. The Morgan fingerprint density at radius 1 is 1.06 bits per heavy atom. The molecule has 0 fully saturated rings. The fourth-order valence-electron chi connectivity index (χ4n) is 4.11. The van der Waals surface area contributed by atoms with E-state index in [0.717, 1.165) is 56.7 Å². The maximum Gasteiger partial charge on any atom is 0.333 e. The Bertz CT molecular complexity index is 1510. The topological polar surface area (TPSA) is 82.6 Å². The number of aryl methyl sites for hydroxylation is 3. The quantitative estimate of drug-likeness (QED) is 0.488. The standard InChI is InChI=1S/C23H23N7O/c1-5-25-17-8-16(10-24-11-17)15-6-7-19-18(9-15)22-20(12-26-19)29(4)23(31)30(22)21-13-28(3)27-14(21)2/h6-13,25H,5H2,1-4H3. The first-order valence-corrected chi connectivity index (χ1v) is 10.2. The molecule has 8 nitrogen and oxygen atoms in total. The molecule has 4 heterocycles. The van der Waals surface area contributed by atoms with Crippen LogP contribution < -0.4 is 11.0 Å². The first kappa shape index (κ1) is 19.0. The van der Waals surface area contributed by atoms with Crippen molar-refractivity contribution in [2.45, 2.75) is 13.8 Å². The summed E-state index contributed by atoms with van der Waals surface area (Å²) >= 11 is 0. The number of pyridine rings is 2. The largest absolute Gasteiger partial charge is 0.384 e. The Balaban J connectivity index is 1.83. The second-order valence-electron chi connectivity index (χ2n) is 7.67. The number of anilines is 1. The summed E-state index contributed by atoms with van der Waals surface area (Å²) in [5.74, 6) is 0. The van der Waals surface area contributed by atoms with E-state index in [2.05, 4.69) is 39.4 Å². The van der Waals surface area contributed by atoms with Gasteiger partial charge in [0.25, 0.3) is 0 Å². The fraction of sp³-hybridized carbons (Fsp3) is 0.217. The number of fused-ring (bicyclic) bond motifs is 3. The predicted octanol–water partition coefficient (Wildman–Crippen LogP) is 3.41. The SMILES string of the molecule is CCNc1cncc(-c2ccc3ncc4c(c3c2)n(-c2cn(C)nc2C)c(=O)n4C)c1. The number of nitrogens with one attached hydrogen (secondary N) is 1. The predicted molar refractivity (Wildman–Crippen MR) is 123 cm³/mol. The zero-order chi connectivity index (χ0) is 21.7. The first-order chi connectivity index (χ1) is 15.0. The average molecular weight is 413 g/mol. The lowest BCUT2D eigenvalue weighted by Crippen LogP contribution is -2.21. The number of benzene rings is 1. The summed E-state index contributed by atoms with van der Waals surface area (Å²) in [6.45, 7) is 4.79. The Labute approximate surface area is 178 Å². The second kappa shape index (κ2) is 7.09. The number of nitrogens with zero attached hydrogens (tertiary/aromatic N) is 6. The Kier molecular flexibility index (Phi) is 4.35. The summed E-state index contributed by atoms with van der Waals surface area (Å²) in [5.41, 5.74) is 6.85. The van der Waals surface area contributed by atoms with Gasteiger partial charge < -0.3 is 5.32 Å². The highest BCUT2D eigenvalue weighted by Gasteiger charge is 2.19. The van der Waals surface area contributed by atoms with Crippen LogP contribution in [0.25, 0.3) is 38.8 Å². The number of imidazole rings is 1. The van der Waals surface area contributed by atoms with Crippen LogP contribution in [0.1, 0.15) is 12.6 Å². The molecule has 0 aliphatic heterocycles. The van der Waals surface area contributed by atoms with Gasteiger partial charge in [-0.2, -0.15) is 5.10 Å². The number of hydrogen-bond donors (Lipinski definition) is 1. The molecule has 156 valence electrons. The smallest absolute Gasteiger partial charge is 0.333 e. The summed E-state index contributed by atoms with van der Waals surface area (Å²) in [5, 5.41) is 8.64. The van der Waals surface area contributed by atoms with Crippen LogP contribution >= 0.6 is 0 Å². The third-order valence-corrected chi connectivity index (χ3v) is 5.56. The highest BCUT2D eigenvalue weighted by molar-refractivity contribution is 6.04. The zero-order valence-corrected chi connectivity index (χ0v) is 17.9. The summed E-state index contributed by atoms with van der Waals surface area (Å²) in [6.07, 6.45) is 7.29. The van der Waals surface area contributed by atoms with Gasteiger partial charge in [0.2, 0.25) is 0 Å². The minimum atomic E-state index is -0.124. The van der Waals surface area contributed by atoms with Gasteiger partial charge in [-0.25, -0.2) is 4.79 Å². The van der Waals surface area contributed by atoms with E-state index in [1.807, 2.05) is 44.7 Å². The van der Waals surface area contributed by atoms with Crippen LogP contribution in [-0.2, 0) is 14.1 Å². The molecule has 0 atom stereocenters. The van der Waals surface area contributed by atoms with Crippen LogP contribution in [0.15, 0.2) is 53.8 Å². The summed E-state index contributed by atoms with van der Waals surface area (Å²) in [6, 6.07) is 8.18. The lowest BCUT2D eigenvalue weighted by molar-refractivity contribution is 0.756. The van der Waals surface area contributed by atoms with Crippen LogP contribution in [0.4, 0.5) is 5.69 Å². The number of hydrogen-bond acceptors (Lipinski definition) is 5. The molecule has 0 saturated carbocycles. The van der Waals surface area contributed by atoms with Gasteiger partial charge in [0.15, 0.2) is 0 Å². The molecule has 0 bridgehead atoms. The summed E-state index contributed by atoms with van der Waals surface area (Å²) in [7, 11) is 3.63. The molecule has 0 spiro atoms. The molecule has 0 saturated heterocycles. The van der Waals surface area contributed by atoms with Crippen LogP contribution in [0.5, 0.6) is 0 Å². The van der Waals surface area contributed by atoms with Gasteiger partial charge in [0.05, 0.1) is 39.8 Å². The fourth-order valence-corrected chi connectivity index (χ4v) is 4.11. The van der Waals surface area contributed by atoms with E-state index in [-0.39, 0.29) is 5.69 Å². The van der Waals surface area contributed by atoms with Crippen molar-refractivity contribution in [1.29, 1.82) is 0 Å². The molecular formula is C23H23N7O. The van der Waals surface area contributed by atoms with Crippen molar-refractivity contribution in [3.05, 3.63) is 65.2 Å². The highest BCUT2D eigenvalue weighted by Crippen LogP contribution is 2.30. The van der Waals surface area contributed by atoms with Crippen molar-refractivity contribution in [3.63, 3.8) is 0 Å². The highest BCUT2D eigenvalue weighted by atomic mass is 16.1. The monoisotopic (exact) mass is 413 g/mol. The number of aromatic nitrogens is 6. The van der Waals surface area contributed by atoms with Gasteiger partial charge in [0, 0.05) is 50.2 Å². The summed E-state index contributed by atoms with van der Waals surface area (Å²) in [4.78, 5) is 22.2. The molecule has 0 radical (unpaired) electrons. The van der Waals surface area contributed by atoms with Crippen molar-refractivity contribution in [2.24, 2.45) is 14.1 Å². The van der Waals surface area contributed by atoms with Crippen molar-refractivity contribution in [1.82, 2.24) is 28.9 Å². The molecule has 8 heteroatoms. The normalized spacial score (nSPS) is 11.5. The molecule has 1 N–H and O–H groups in total. The molecular weight excluding hydrogens is 390 g/mol. The van der Waals surface area contributed by atoms with Gasteiger partial charge in [-0.15, -0.1) is 0 Å². The lowest BCUT2D eigenvalue weighted by atomic mass is 10.0. The van der Waals surface area contributed by atoms with Crippen LogP contribution in [-0.4, -0.2) is 35.4 Å². The zero-order valence-electron chi connectivity index (χ0n) is 17.9. The molecule has 0 unspecified atom stereocenters. The Morgan fingerprint density at radius 3 is 2.65 bits per heavy atom. The molecule has 5 rings (SSSR count). The van der Waals surface area contributed by atoms with E-state index in [4.69, 9.17) is 0 Å². The minimum absolute atomic E-state index is 0.124. The Morgan fingerprint density at radius 2 is 1.90 bits per heavy atom. The first-order valence-electron chi connectivity index (χ1n) is 10.2. The lowest BCUT2D eigenvalue weighted by Gasteiger charge is -2.09. The minimum Gasteiger partial charge on any atom is -0.384 e. The van der Waals surface area contributed by atoms with E-state index in [0.29, 0.717) is 0 Å². The maximum absolute atomic E-state index is 13.2. The third kappa shape index (κ3) is 2.99. The van der Waals surface area contributed by atoms with Crippen molar-refractivity contribution >= 4 is 27.6 Å². The van der Waals surface area contributed by atoms with Crippen molar-refractivity contribution < 1.29 is 0 Å². The summed E-state index contributed by atoms with van der Waals surface area (Å²) < 4.78 is 5.09. The van der Waals surface area contributed by atoms with E-state index >= 15 is 0 Å². The van der Waals surface area contributed by atoms with E-state index in [1.165, 1.54) is 0 Å². The van der Waals surface area contributed by atoms with Crippen LogP contribution in [0, 0.1) is 6.92 Å². The van der Waals surface area contributed by atoms with Crippen molar-refractivity contribution in [2.75, 3.05) is 11.9 Å². The van der Waals surface area contributed by atoms with Gasteiger partial charge >= 0.3 is 5.69 Å².